The number of β-lactam (4-membered cyclic amide) rings is 1. The molecular weight excluding hydrogens is 611 g/mol. The number of nitrogens with zero attached hydrogens (tertiary/aromatic N) is 3. The zero-order chi connectivity index (χ0) is 31.4. The van der Waals surface area contributed by atoms with E-state index < -0.39 is 17.5 Å². The lowest BCUT2D eigenvalue weighted by atomic mass is 9.80. The number of rotatable bonds is 10. The number of hydrogen-bond acceptors (Lipinski definition) is 9. The van der Waals surface area contributed by atoms with Gasteiger partial charge in [0.1, 0.15) is 11.4 Å². The van der Waals surface area contributed by atoms with E-state index in [1.54, 1.807) is 5.38 Å². The first-order valence-corrected chi connectivity index (χ1v) is 15.8. The Bertz CT molecular complexity index is 1730. The summed E-state index contributed by atoms with van der Waals surface area (Å²) >= 11 is 2.62. The lowest BCUT2D eigenvalue weighted by molar-refractivity contribution is -0.146. The molecule has 45 heavy (non-hydrogen) atoms. The van der Waals surface area contributed by atoms with Gasteiger partial charge in [-0.3, -0.25) is 14.5 Å². The maximum absolute atomic E-state index is 13.7. The highest BCUT2D eigenvalue weighted by molar-refractivity contribution is 8.00. The number of hydrogen-bond donors (Lipinski definition) is 3. The van der Waals surface area contributed by atoms with Crippen LogP contribution in [0.5, 0.6) is 0 Å². The molecule has 2 amide bonds. The Kier molecular flexibility index (Phi) is 8.49. The highest BCUT2D eigenvalue weighted by atomic mass is 32.2. The molecular formula is C33H27N5O5S2. The number of nitrogens with two attached hydrogens (primary N) is 1. The lowest BCUT2D eigenvalue weighted by Crippen LogP contribution is -2.53. The molecule has 0 bridgehead atoms. The number of benzene rings is 3. The van der Waals surface area contributed by atoms with Gasteiger partial charge in [0.05, 0.1) is 11.8 Å². The van der Waals surface area contributed by atoms with Crippen molar-refractivity contribution in [1.29, 1.82) is 0 Å². The van der Waals surface area contributed by atoms with Crippen molar-refractivity contribution in [2.75, 3.05) is 11.5 Å². The van der Waals surface area contributed by atoms with Gasteiger partial charge in [0.15, 0.2) is 10.8 Å². The summed E-state index contributed by atoms with van der Waals surface area (Å²) < 4.78 is 0. The Morgan fingerprint density at radius 2 is 1.58 bits per heavy atom. The number of carboxylic acids is 1. The minimum absolute atomic E-state index is 0.0802. The third-order valence-corrected chi connectivity index (χ3v) is 9.29. The van der Waals surface area contributed by atoms with Gasteiger partial charge in [-0.05, 0) is 11.6 Å². The second kappa shape index (κ2) is 12.8. The van der Waals surface area contributed by atoms with Gasteiger partial charge in [0.2, 0.25) is 11.5 Å². The van der Waals surface area contributed by atoms with Gasteiger partial charge >= 0.3 is 5.97 Å². The Morgan fingerprint density at radius 3 is 2.07 bits per heavy atom. The number of amides is 2. The van der Waals surface area contributed by atoms with Gasteiger partial charge in [-0.25, -0.2) is 9.78 Å². The third-order valence-electron chi connectivity index (χ3n) is 7.38. The number of oxime groups is 1. The molecule has 2 aliphatic rings. The van der Waals surface area contributed by atoms with Crippen molar-refractivity contribution in [2.24, 2.45) is 5.16 Å². The number of carbonyl (C=O) groups excluding carboxylic acids is 2. The number of fused-ring (bicyclic) bond motifs is 1. The standard InChI is InChI=1S/C33H27N5O5S2/c34-32-36-25(20-45-32)28(30(40)35-17-16-21-19-44-27-18-26(39)38(27)29(21)31(41)42)37-43-33(22-10-4-1-5-11-22,23-12-6-2-7-13-23)24-14-8-3-9-15-24/h1-17,20,27H,18-19H2,(H2,34,36)(H,35,40)(H,41,42)/b17-16?,37-28-/t27-/m0/s1. The van der Waals surface area contributed by atoms with Crippen LogP contribution in [0.1, 0.15) is 28.8 Å². The predicted molar refractivity (Wildman–Crippen MR) is 173 cm³/mol. The van der Waals surface area contributed by atoms with Gasteiger partial charge in [-0.1, -0.05) is 96.2 Å². The Balaban J connectivity index is 1.39. The molecule has 4 aromatic rings. The number of aromatic nitrogens is 1. The van der Waals surface area contributed by atoms with Crippen molar-refractivity contribution >= 4 is 51.7 Å². The topological polar surface area (TPSA) is 147 Å². The van der Waals surface area contributed by atoms with Crippen LogP contribution in [0.25, 0.3) is 0 Å². The van der Waals surface area contributed by atoms with E-state index in [9.17, 15) is 19.5 Å². The molecule has 3 aromatic carbocycles. The van der Waals surface area contributed by atoms with Crippen molar-refractivity contribution in [3.8, 4) is 0 Å². The molecule has 12 heteroatoms. The molecule has 3 heterocycles. The molecule has 1 atom stereocenters. The van der Waals surface area contributed by atoms with Crippen LogP contribution in [0, 0.1) is 0 Å². The van der Waals surface area contributed by atoms with Gasteiger partial charge in [-0.15, -0.1) is 23.1 Å². The van der Waals surface area contributed by atoms with Crippen LogP contribution in [-0.2, 0) is 24.8 Å². The quantitative estimate of drug-likeness (QED) is 0.0981. The predicted octanol–water partition coefficient (Wildman–Crippen LogP) is 4.71. The van der Waals surface area contributed by atoms with Crippen LogP contribution >= 0.6 is 23.1 Å². The number of nitrogen functional groups attached to an aromatic ring is 1. The molecule has 1 fully saturated rings. The molecule has 0 unspecified atom stereocenters. The van der Waals surface area contributed by atoms with Crippen LogP contribution in [0.2, 0.25) is 0 Å². The summed E-state index contributed by atoms with van der Waals surface area (Å²) in [6.07, 6.45) is 3.12. The second-order valence-corrected chi connectivity index (χ2v) is 12.2. The molecule has 0 saturated carbocycles. The molecule has 226 valence electrons. The number of nitrogens with one attached hydrogen (secondary N) is 1. The fourth-order valence-electron chi connectivity index (χ4n) is 5.24. The zero-order valence-electron chi connectivity index (χ0n) is 23.7. The number of allylic oxidation sites excluding steroid dienone is 1. The smallest absolute Gasteiger partial charge is 0.352 e. The molecule has 1 aromatic heterocycles. The summed E-state index contributed by atoms with van der Waals surface area (Å²) in [5.41, 5.74) is 7.42. The summed E-state index contributed by atoms with van der Waals surface area (Å²) in [6.45, 7) is 0. The molecule has 0 radical (unpaired) electrons. The van der Waals surface area contributed by atoms with Crippen molar-refractivity contribution < 1.29 is 24.3 Å². The Labute approximate surface area is 266 Å². The zero-order valence-corrected chi connectivity index (χ0v) is 25.3. The number of aliphatic carboxylic acids is 1. The summed E-state index contributed by atoms with van der Waals surface area (Å²) in [7, 11) is 0. The van der Waals surface area contributed by atoms with Crippen LogP contribution in [0.4, 0.5) is 5.13 Å². The SMILES string of the molecule is Nc1nc(/C(=N/OC(c2ccccc2)(c2ccccc2)c2ccccc2)C(=O)NC=CC2=C(C(=O)O)N3C(=O)C[C@@H]3SC2)cs1. The number of thiazole rings is 1. The van der Waals surface area contributed by atoms with Crippen molar-refractivity contribution in [1.82, 2.24) is 15.2 Å². The van der Waals surface area contributed by atoms with Crippen molar-refractivity contribution in [3.05, 3.63) is 142 Å². The normalized spacial score (nSPS) is 16.7. The Hall–Kier alpha value is -5.20. The summed E-state index contributed by atoms with van der Waals surface area (Å²) in [6, 6.07) is 28.7. The van der Waals surface area contributed by atoms with Gasteiger partial charge in [0.25, 0.3) is 5.91 Å². The van der Waals surface area contributed by atoms with E-state index in [1.807, 2.05) is 91.0 Å². The van der Waals surface area contributed by atoms with E-state index in [1.165, 1.54) is 28.9 Å². The molecule has 6 rings (SSSR count). The third kappa shape index (κ3) is 5.85. The first-order valence-electron chi connectivity index (χ1n) is 13.9. The molecule has 4 N–H and O–H groups in total. The van der Waals surface area contributed by atoms with E-state index in [0.717, 1.165) is 28.0 Å². The van der Waals surface area contributed by atoms with Crippen molar-refractivity contribution in [3.63, 3.8) is 0 Å². The first kappa shape index (κ1) is 29.9. The number of thioether (sulfide) groups is 1. The lowest BCUT2D eigenvalue weighted by Gasteiger charge is -2.43. The van der Waals surface area contributed by atoms with Crippen LogP contribution in [-0.4, -0.2) is 49.6 Å². The fourth-order valence-corrected chi connectivity index (χ4v) is 7.03. The fraction of sp³-hybridized carbons (Fsp3) is 0.121. The second-order valence-electron chi connectivity index (χ2n) is 10.1. The minimum Gasteiger partial charge on any atom is -0.477 e. The first-order chi connectivity index (χ1) is 21.9. The highest BCUT2D eigenvalue weighted by Crippen LogP contribution is 2.41. The van der Waals surface area contributed by atoms with E-state index in [2.05, 4.69) is 15.5 Å². The average molecular weight is 638 g/mol. The Morgan fingerprint density at radius 1 is 1.00 bits per heavy atom. The molecule has 10 nitrogen and oxygen atoms in total. The van der Waals surface area contributed by atoms with Gasteiger partial charge in [0, 0.05) is 34.0 Å². The van der Waals surface area contributed by atoms with E-state index in [4.69, 9.17) is 10.6 Å². The molecule has 1 saturated heterocycles. The van der Waals surface area contributed by atoms with E-state index in [0.29, 0.717) is 17.7 Å². The summed E-state index contributed by atoms with van der Waals surface area (Å²) in [5, 5.41) is 18.6. The largest absolute Gasteiger partial charge is 0.477 e. The molecule has 0 spiro atoms. The summed E-state index contributed by atoms with van der Waals surface area (Å²) in [5.74, 6) is -1.72. The minimum atomic E-state index is -1.24. The van der Waals surface area contributed by atoms with Gasteiger partial charge in [-0.2, -0.15) is 0 Å². The maximum atomic E-state index is 13.7. The average Bonchev–Trinajstić information content (AvgIpc) is 3.49. The summed E-state index contributed by atoms with van der Waals surface area (Å²) in [4.78, 5) is 49.8. The van der Waals surface area contributed by atoms with Crippen LogP contribution in [0.15, 0.2) is 125 Å². The van der Waals surface area contributed by atoms with E-state index >= 15 is 0 Å². The van der Waals surface area contributed by atoms with E-state index in [-0.39, 0.29) is 33.5 Å². The van der Waals surface area contributed by atoms with Gasteiger partial charge < -0.3 is 21.0 Å². The van der Waals surface area contributed by atoms with Crippen LogP contribution in [0.3, 0.4) is 0 Å². The highest BCUT2D eigenvalue weighted by Gasteiger charge is 2.45. The number of carboxylic acid groups (broad SMARTS) is 1. The van der Waals surface area contributed by atoms with Crippen molar-refractivity contribution in [2.45, 2.75) is 17.4 Å². The maximum Gasteiger partial charge on any atom is 0.352 e. The number of carbonyl (C=O) groups is 3. The van der Waals surface area contributed by atoms with Crippen LogP contribution < -0.4 is 11.1 Å². The molecule has 2 aliphatic heterocycles. The molecule has 0 aliphatic carbocycles. The number of anilines is 1. The monoisotopic (exact) mass is 637 g/mol.